The molecule has 29 heavy (non-hydrogen) atoms. The molecule has 2 aliphatic rings. The van der Waals surface area contributed by atoms with Gasteiger partial charge in [0.2, 0.25) is 11.8 Å². The molecule has 0 spiro atoms. The molecule has 0 saturated carbocycles. The molecule has 7 nitrogen and oxygen atoms in total. The van der Waals surface area contributed by atoms with Crippen molar-refractivity contribution in [2.45, 2.75) is 39.0 Å². The summed E-state index contributed by atoms with van der Waals surface area (Å²) in [5, 5.41) is 10.3. The Labute approximate surface area is 177 Å². The van der Waals surface area contributed by atoms with Gasteiger partial charge in [0.05, 0.1) is 0 Å². The van der Waals surface area contributed by atoms with Gasteiger partial charge in [0.1, 0.15) is 6.42 Å². The summed E-state index contributed by atoms with van der Waals surface area (Å²) in [6.07, 6.45) is 4.67. The minimum atomic E-state index is -0.276. The number of carbonyl (C=O) groups is 3. The number of carboxylic acid groups (broad SMARTS) is 1. The Kier molecular flexibility index (Phi) is 9.41. The quantitative estimate of drug-likeness (QED) is 0.561. The maximum atomic E-state index is 12.6. The highest BCUT2D eigenvalue weighted by molar-refractivity contribution is 6.31. The van der Waals surface area contributed by atoms with Crippen molar-refractivity contribution in [1.29, 1.82) is 0 Å². The molecule has 1 aromatic carbocycles. The van der Waals surface area contributed by atoms with Crippen molar-refractivity contribution < 1.29 is 19.5 Å². The molecule has 1 atom stereocenters. The molecule has 2 heterocycles. The third-order valence-corrected chi connectivity index (χ3v) is 5.85. The summed E-state index contributed by atoms with van der Waals surface area (Å²) in [5.41, 5.74) is 1.49. The van der Waals surface area contributed by atoms with Crippen LogP contribution < -0.4 is 5.32 Å². The van der Waals surface area contributed by atoms with Crippen LogP contribution in [0.25, 0.3) is 0 Å². The van der Waals surface area contributed by atoms with Crippen LogP contribution in [0.1, 0.15) is 37.7 Å². The van der Waals surface area contributed by atoms with E-state index in [1.165, 1.54) is 32.4 Å². The molecule has 1 aromatic rings. The van der Waals surface area contributed by atoms with E-state index in [0.717, 1.165) is 31.6 Å². The van der Waals surface area contributed by atoms with Gasteiger partial charge in [-0.1, -0.05) is 17.7 Å². The Morgan fingerprint density at radius 3 is 2.62 bits per heavy atom. The highest BCUT2D eigenvalue weighted by Gasteiger charge is 2.27. The largest absolute Gasteiger partial charge is 0.483 e. The highest BCUT2D eigenvalue weighted by Crippen LogP contribution is 2.24. The SMILES string of the molecule is Cc1c(Cl)cccc1NC(=O)CC(=O)N1CCCC(CN2CCCC2)C1.O=CO. The molecule has 1 unspecified atom stereocenters. The standard InChI is InChI=1S/C20H28ClN3O2.CH2O2/c1-15-17(21)7-4-8-18(15)22-19(25)12-20(26)24-11-5-6-16(14-24)13-23-9-2-3-10-23;2-1-3/h4,7-8,16H,2-3,5-6,9-14H2,1H3,(H,22,25);1H,(H,2,3). The number of carbonyl (C=O) groups excluding carboxylic acids is 2. The summed E-state index contributed by atoms with van der Waals surface area (Å²) in [4.78, 5) is 37.6. The molecule has 8 heteroatoms. The van der Waals surface area contributed by atoms with E-state index < -0.39 is 0 Å². The normalized spacial score (nSPS) is 19.2. The molecule has 2 aliphatic heterocycles. The molecule has 3 rings (SSSR count). The summed E-state index contributed by atoms with van der Waals surface area (Å²) in [7, 11) is 0. The van der Waals surface area contributed by atoms with Crippen molar-refractivity contribution in [3.05, 3.63) is 28.8 Å². The fourth-order valence-electron chi connectivity index (χ4n) is 3.96. The molecular weight excluding hydrogens is 394 g/mol. The number of hydrogen-bond donors (Lipinski definition) is 2. The zero-order chi connectivity index (χ0) is 21.2. The average Bonchev–Trinajstić information content (AvgIpc) is 3.19. The van der Waals surface area contributed by atoms with Gasteiger partial charge in [0.25, 0.3) is 6.47 Å². The second kappa shape index (κ2) is 11.8. The van der Waals surface area contributed by atoms with Crippen LogP contribution in [0.3, 0.4) is 0 Å². The van der Waals surface area contributed by atoms with Crippen LogP contribution in [0.5, 0.6) is 0 Å². The number of amides is 2. The van der Waals surface area contributed by atoms with Crippen molar-refractivity contribution in [1.82, 2.24) is 9.80 Å². The van der Waals surface area contributed by atoms with Crippen LogP contribution in [-0.4, -0.2) is 65.9 Å². The third-order valence-electron chi connectivity index (χ3n) is 5.44. The fraction of sp³-hybridized carbons (Fsp3) is 0.571. The number of hydrogen-bond acceptors (Lipinski definition) is 4. The predicted octanol–water partition coefficient (Wildman–Crippen LogP) is 3.01. The lowest BCUT2D eigenvalue weighted by Crippen LogP contribution is -2.44. The molecular formula is C21H30ClN3O4. The maximum absolute atomic E-state index is 12.6. The van der Waals surface area contributed by atoms with Crippen molar-refractivity contribution in [3.8, 4) is 0 Å². The van der Waals surface area contributed by atoms with Gasteiger partial charge in [-0.25, -0.2) is 0 Å². The predicted molar refractivity (Wildman–Crippen MR) is 113 cm³/mol. The Morgan fingerprint density at radius 1 is 1.24 bits per heavy atom. The topological polar surface area (TPSA) is 90.0 Å². The van der Waals surface area contributed by atoms with E-state index in [4.69, 9.17) is 21.5 Å². The number of halogens is 1. The number of nitrogens with zero attached hydrogens (tertiary/aromatic N) is 2. The first-order valence-corrected chi connectivity index (χ1v) is 10.4. The number of rotatable bonds is 5. The Hall–Kier alpha value is -2.12. The molecule has 2 amide bonds. The van der Waals surface area contributed by atoms with Crippen LogP contribution in [0.15, 0.2) is 18.2 Å². The molecule has 0 bridgehead atoms. The first kappa shape index (κ1) is 23.2. The molecule has 2 N–H and O–H groups in total. The number of anilines is 1. The van der Waals surface area contributed by atoms with E-state index in [9.17, 15) is 9.59 Å². The average molecular weight is 424 g/mol. The summed E-state index contributed by atoms with van der Waals surface area (Å²) in [5.74, 6) is 0.180. The Balaban J connectivity index is 0.000000941. The van der Waals surface area contributed by atoms with Crippen molar-refractivity contribution in [3.63, 3.8) is 0 Å². The number of benzene rings is 1. The monoisotopic (exact) mass is 423 g/mol. The van der Waals surface area contributed by atoms with Gasteiger partial charge < -0.3 is 20.2 Å². The first-order chi connectivity index (χ1) is 13.9. The molecule has 0 aliphatic carbocycles. The first-order valence-electron chi connectivity index (χ1n) is 10.1. The van der Waals surface area contributed by atoms with Gasteiger partial charge >= 0.3 is 0 Å². The summed E-state index contributed by atoms with van der Waals surface area (Å²) >= 11 is 6.08. The van der Waals surface area contributed by atoms with Crippen LogP contribution in [0.2, 0.25) is 5.02 Å². The molecule has 0 aromatic heterocycles. The number of likely N-dealkylation sites (tertiary alicyclic amines) is 2. The summed E-state index contributed by atoms with van der Waals surface area (Å²) in [6.45, 7) is 6.60. The lowest BCUT2D eigenvalue weighted by molar-refractivity contribution is -0.136. The molecule has 2 saturated heterocycles. The van der Waals surface area contributed by atoms with Crippen LogP contribution in [-0.2, 0) is 14.4 Å². The van der Waals surface area contributed by atoms with Gasteiger partial charge in [-0.15, -0.1) is 0 Å². The lowest BCUT2D eigenvalue weighted by Gasteiger charge is -2.34. The summed E-state index contributed by atoms with van der Waals surface area (Å²) < 4.78 is 0. The van der Waals surface area contributed by atoms with E-state index >= 15 is 0 Å². The summed E-state index contributed by atoms with van der Waals surface area (Å²) in [6, 6.07) is 5.38. The minimum Gasteiger partial charge on any atom is -0.483 e. The fourth-order valence-corrected chi connectivity index (χ4v) is 4.13. The highest BCUT2D eigenvalue weighted by atomic mass is 35.5. The van der Waals surface area contributed by atoms with Crippen LogP contribution >= 0.6 is 11.6 Å². The van der Waals surface area contributed by atoms with E-state index in [-0.39, 0.29) is 24.7 Å². The number of piperidine rings is 1. The second-order valence-electron chi connectivity index (χ2n) is 7.60. The van der Waals surface area contributed by atoms with Crippen molar-refractivity contribution >= 4 is 35.6 Å². The lowest BCUT2D eigenvalue weighted by atomic mass is 9.97. The maximum Gasteiger partial charge on any atom is 0.290 e. The van der Waals surface area contributed by atoms with Crippen LogP contribution in [0, 0.1) is 12.8 Å². The minimum absolute atomic E-state index is 0.0756. The third kappa shape index (κ3) is 7.33. The van der Waals surface area contributed by atoms with Gasteiger partial charge in [-0.2, -0.15) is 0 Å². The van der Waals surface area contributed by atoms with Gasteiger partial charge in [-0.05, 0) is 69.3 Å². The van der Waals surface area contributed by atoms with Crippen LogP contribution in [0.4, 0.5) is 5.69 Å². The van der Waals surface area contributed by atoms with Gasteiger partial charge in [0.15, 0.2) is 0 Å². The molecule has 160 valence electrons. The van der Waals surface area contributed by atoms with E-state index in [1.54, 1.807) is 18.2 Å². The Bertz CT molecular complexity index is 707. The van der Waals surface area contributed by atoms with E-state index in [2.05, 4.69) is 10.2 Å². The van der Waals surface area contributed by atoms with E-state index in [0.29, 0.717) is 16.6 Å². The smallest absolute Gasteiger partial charge is 0.290 e. The molecule has 0 radical (unpaired) electrons. The zero-order valence-corrected chi connectivity index (χ0v) is 17.7. The zero-order valence-electron chi connectivity index (χ0n) is 16.9. The van der Waals surface area contributed by atoms with Crippen molar-refractivity contribution in [2.24, 2.45) is 5.92 Å². The van der Waals surface area contributed by atoms with Crippen molar-refractivity contribution in [2.75, 3.05) is 38.0 Å². The second-order valence-corrected chi connectivity index (χ2v) is 8.01. The number of nitrogens with one attached hydrogen (secondary N) is 1. The van der Waals surface area contributed by atoms with Gasteiger partial charge in [-0.3, -0.25) is 14.4 Å². The Morgan fingerprint density at radius 2 is 1.93 bits per heavy atom. The van der Waals surface area contributed by atoms with E-state index in [1.807, 2.05) is 11.8 Å². The van der Waals surface area contributed by atoms with Gasteiger partial charge in [0, 0.05) is 30.3 Å². The molecule has 2 fully saturated rings.